The van der Waals surface area contributed by atoms with Crippen molar-refractivity contribution >= 4 is 22.7 Å². The maximum atomic E-state index is 11.1. The number of benzene rings is 2. The lowest BCUT2D eigenvalue weighted by molar-refractivity contribution is 0.141. The number of ether oxygens (including phenoxy) is 2. The molecule has 0 bridgehead atoms. The minimum absolute atomic E-state index is 0.0608. The van der Waals surface area contributed by atoms with Crippen LogP contribution in [0.5, 0.6) is 5.75 Å². The molecule has 7 heteroatoms. The fourth-order valence-corrected chi connectivity index (χ4v) is 3.99. The quantitative estimate of drug-likeness (QED) is 0.507. The van der Waals surface area contributed by atoms with Crippen LogP contribution in [0.4, 0.5) is 10.5 Å². The number of aromatic nitrogens is 1. The van der Waals surface area contributed by atoms with E-state index in [0.717, 1.165) is 46.4 Å². The first-order valence-electron chi connectivity index (χ1n) is 9.71. The molecule has 0 aliphatic carbocycles. The average Bonchev–Trinajstić information content (AvgIpc) is 3.35. The molecule has 2 aromatic carbocycles. The molecule has 2 heterocycles. The second-order valence-corrected chi connectivity index (χ2v) is 7.29. The number of fused-ring (bicyclic) bond motifs is 1. The van der Waals surface area contributed by atoms with E-state index in [4.69, 9.17) is 20.3 Å². The van der Waals surface area contributed by atoms with E-state index in [1.165, 1.54) is 0 Å². The summed E-state index contributed by atoms with van der Waals surface area (Å²) in [4.78, 5) is 14.4. The molecule has 3 aromatic rings. The van der Waals surface area contributed by atoms with Gasteiger partial charge in [0.15, 0.2) is 0 Å². The van der Waals surface area contributed by atoms with Crippen molar-refractivity contribution in [1.29, 1.82) is 0 Å². The lowest BCUT2D eigenvalue weighted by Crippen LogP contribution is -2.16. The largest absolute Gasteiger partial charge is 0.488 e. The van der Waals surface area contributed by atoms with Crippen LogP contribution in [0.15, 0.2) is 42.6 Å². The summed E-state index contributed by atoms with van der Waals surface area (Å²) in [7, 11) is 0. The molecule has 1 saturated heterocycles. The Morgan fingerprint density at radius 1 is 1.38 bits per heavy atom. The molecule has 1 aliphatic rings. The number of carbonyl (C=O) groups is 1. The van der Waals surface area contributed by atoms with Crippen LogP contribution in [0.25, 0.3) is 10.9 Å². The number of H-pyrrole nitrogens is 1. The number of hydrogen-bond acceptors (Lipinski definition) is 4. The molecule has 1 amide bonds. The molecule has 5 N–H and O–H groups in total. The Morgan fingerprint density at radius 2 is 2.24 bits per heavy atom. The van der Waals surface area contributed by atoms with Crippen molar-refractivity contribution in [2.24, 2.45) is 5.73 Å². The summed E-state index contributed by atoms with van der Waals surface area (Å²) in [6.45, 7) is 3.69. The van der Waals surface area contributed by atoms with Gasteiger partial charge >= 0.3 is 6.09 Å². The molecule has 1 fully saturated rings. The van der Waals surface area contributed by atoms with Gasteiger partial charge in [-0.2, -0.15) is 0 Å². The Balaban J connectivity index is 1.66. The van der Waals surface area contributed by atoms with Gasteiger partial charge in [0, 0.05) is 47.7 Å². The number of amides is 1. The Bertz CT molecular complexity index is 1020. The van der Waals surface area contributed by atoms with Crippen LogP contribution >= 0.6 is 0 Å². The third-order valence-corrected chi connectivity index (χ3v) is 5.48. The van der Waals surface area contributed by atoms with Crippen molar-refractivity contribution in [3.8, 4) is 5.75 Å². The van der Waals surface area contributed by atoms with Crippen LogP contribution < -0.4 is 15.8 Å². The first-order chi connectivity index (χ1) is 14.1. The van der Waals surface area contributed by atoms with E-state index in [1.54, 1.807) is 6.07 Å². The van der Waals surface area contributed by atoms with E-state index in [2.05, 4.69) is 10.3 Å². The van der Waals surface area contributed by atoms with Crippen molar-refractivity contribution in [2.45, 2.75) is 25.4 Å². The van der Waals surface area contributed by atoms with Crippen molar-refractivity contribution in [2.75, 3.05) is 25.1 Å². The lowest BCUT2D eigenvalue weighted by atomic mass is 9.87. The van der Waals surface area contributed by atoms with Crippen LogP contribution in [-0.4, -0.2) is 42.0 Å². The minimum atomic E-state index is -1.08. The Morgan fingerprint density at radius 3 is 2.97 bits per heavy atom. The van der Waals surface area contributed by atoms with Crippen LogP contribution in [0.3, 0.4) is 0 Å². The predicted octanol–water partition coefficient (Wildman–Crippen LogP) is 3.82. The molecule has 0 saturated carbocycles. The molecule has 29 heavy (non-hydrogen) atoms. The normalized spacial score (nSPS) is 17.4. The summed E-state index contributed by atoms with van der Waals surface area (Å²) in [6.07, 6.45) is 1.90. The standard InChI is InChI=1S/C22H25N3O4/c1-13-16(3-2-4-20(13)25-22(26)27)18(10-23)19-11-24-21-9-14(5-6-17(19)21)29-15-7-8-28-12-15/h2-6,9,11,15,18,24-25H,7-8,10,12,23H2,1H3,(H,26,27). The third kappa shape index (κ3) is 3.92. The number of nitrogens with two attached hydrogens (primary N) is 1. The summed E-state index contributed by atoms with van der Waals surface area (Å²) in [6, 6.07) is 11.6. The molecule has 1 aliphatic heterocycles. The Labute approximate surface area is 168 Å². The molecule has 0 spiro atoms. The second kappa shape index (κ2) is 8.14. The molecule has 2 atom stereocenters. The summed E-state index contributed by atoms with van der Waals surface area (Å²) >= 11 is 0. The van der Waals surface area contributed by atoms with E-state index < -0.39 is 6.09 Å². The van der Waals surface area contributed by atoms with Crippen LogP contribution in [-0.2, 0) is 4.74 Å². The zero-order valence-electron chi connectivity index (χ0n) is 16.3. The number of rotatable bonds is 6. The summed E-state index contributed by atoms with van der Waals surface area (Å²) in [5.74, 6) is 0.754. The maximum Gasteiger partial charge on any atom is 0.409 e. The van der Waals surface area contributed by atoms with Gasteiger partial charge in [-0.25, -0.2) is 4.79 Å². The molecule has 152 valence electrons. The summed E-state index contributed by atoms with van der Waals surface area (Å²) in [5, 5.41) is 12.6. The van der Waals surface area contributed by atoms with E-state index >= 15 is 0 Å². The molecular formula is C22H25N3O4. The molecular weight excluding hydrogens is 370 g/mol. The zero-order valence-corrected chi connectivity index (χ0v) is 16.3. The molecule has 4 rings (SSSR count). The van der Waals surface area contributed by atoms with Crippen molar-refractivity contribution < 1.29 is 19.4 Å². The van der Waals surface area contributed by atoms with Gasteiger partial charge in [0.2, 0.25) is 0 Å². The topological polar surface area (TPSA) is 110 Å². The van der Waals surface area contributed by atoms with Gasteiger partial charge in [0.25, 0.3) is 0 Å². The smallest absolute Gasteiger partial charge is 0.409 e. The van der Waals surface area contributed by atoms with Crippen LogP contribution in [0.1, 0.15) is 29.0 Å². The van der Waals surface area contributed by atoms with Crippen molar-refractivity contribution in [1.82, 2.24) is 4.98 Å². The Hall–Kier alpha value is -3.03. The van der Waals surface area contributed by atoms with Gasteiger partial charge in [-0.3, -0.25) is 5.32 Å². The highest BCUT2D eigenvalue weighted by Gasteiger charge is 2.21. The van der Waals surface area contributed by atoms with E-state index in [1.807, 2.05) is 43.5 Å². The van der Waals surface area contributed by atoms with Crippen molar-refractivity contribution in [3.63, 3.8) is 0 Å². The minimum Gasteiger partial charge on any atom is -0.488 e. The van der Waals surface area contributed by atoms with Gasteiger partial charge in [0.1, 0.15) is 11.9 Å². The van der Waals surface area contributed by atoms with Gasteiger partial charge in [0.05, 0.1) is 13.2 Å². The SMILES string of the molecule is Cc1c(NC(=O)O)cccc1C(CN)c1c[nH]c2cc(OC3CCOC3)ccc12. The number of aromatic amines is 1. The number of carboxylic acid groups (broad SMARTS) is 1. The van der Waals surface area contributed by atoms with Gasteiger partial charge in [-0.15, -0.1) is 0 Å². The predicted molar refractivity (Wildman–Crippen MR) is 112 cm³/mol. The molecule has 7 nitrogen and oxygen atoms in total. The number of anilines is 1. The summed E-state index contributed by atoms with van der Waals surface area (Å²) in [5.41, 5.74) is 10.7. The number of hydrogen-bond donors (Lipinski definition) is 4. The average molecular weight is 395 g/mol. The van der Waals surface area contributed by atoms with Crippen LogP contribution in [0.2, 0.25) is 0 Å². The van der Waals surface area contributed by atoms with E-state index in [-0.39, 0.29) is 12.0 Å². The maximum absolute atomic E-state index is 11.1. The monoisotopic (exact) mass is 395 g/mol. The van der Waals surface area contributed by atoms with E-state index in [0.29, 0.717) is 18.8 Å². The first kappa shape index (κ1) is 19.3. The van der Waals surface area contributed by atoms with Crippen molar-refractivity contribution in [3.05, 3.63) is 59.3 Å². The highest BCUT2D eigenvalue weighted by molar-refractivity contribution is 5.87. The summed E-state index contributed by atoms with van der Waals surface area (Å²) < 4.78 is 11.4. The Kier molecular flexibility index (Phi) is 5.42. The molecule has 1 aromatic heterocycles. The third-order valence-electron chi connectivity index (χ3n) is 5.48. The highest BCUT2D eigenvalue weighted by atomic mass is 16.5. The lowest BCUT2D eigenvalue weighted by Gasteiger charge is -2.19. The fourth-order valence-electron chi connectivity index (χ4n) is 3.99. The van der Waals surface area contributed by atoms with Gasteiger partial charge in [-0.05, 0) is 41.8 Å². The highest BCUT2D eigenvalue weighted by Crippen LogP contribution is 2.35. The van der Waals surface area contributed by atoms with E-state index in [9.17, 15) is 4.79 Å². The fraction of sp³-hybridized carbons (Fsp3) is 0.318. The molecule has 0 radical (unpaired) electrons. The zero-order chi connectivity index (χ0) is 20.4. The first-order valence-corrected chi connectivity index (χ1v) is 9.71. The van der Waals surface area contributed by atoms with Crippen LogP contribution in [0, 0.1) is 6.92 Å². The number of nitrogens with one attached hydrogen (secondary N) is 2. The molecule has 2 unspecified atom stereocenters. The van der Waals surface area contributed by atoms with Gasteiger partial charge in [-0.1, -0.05) is 12.1 Å². The second-order valence-electron chi connectivity index (χ2n) is 7.29. The van der Waals surface area contributed by atoms with Gasteiger partial charge < -0.3 is 25.3 Å².